The van der Waals surface area contributed by atoms with Gasteiger partial charge >= 0.3 is 11.8 Å². The number of esters is 1. The van der Waals surface area contributed by atoms with Gasteiger partial charge in [0.15, 0.2) is 5.69 Å². The molecule has 14 heavy (non-hydrogen) atoms. The predicted molar refractivity (Wildman–Crippen MR) is 45.8 cm³/mol. The van der Waals surface area contributed by atoms with Crippen LogP contribution in [0, 0.1) is 10.1 Å². The second kappa shape index (κ2) is 3.86. The lowest BCUT2D eigenvalue weighted by molar-refractivity contribution is -0.389. The Bertz CT molecular complexity index is 358. The summed E-state index contributed by atoms with van der Waals surface area (Å²) in [5.41, 5.74) is -0.0922. The second-order valence-electron chi connectivity index (χ2n) is 2.85. The molecule has 0 amide bonds. The summed E-state index contributed by atoms with van der Waals surface area (Å²) in [4.78, 5) is 20.7. The van der Waals surface area contributed by atoms with Gasteiger partial charge in [0.25, 0.3) is 0 Å². The normalized spacial score (nSPS) is 10.2. The van der Waals surface area contributed by atoms with Crippen molar-refractivity contribution in [2.75, 3.05) is 0 Å². The molecule has 0 aromatic carbocycles. The third kappa shape index (κ3) is 2.28. The molecule has 0 aliphatic carbocycles. The average molecular weight is 199 g/mol. The molecule has 0 aliphatic rings. The molecular weight excluding hydrogens is 190 g/mol. The number of aromatic amines is 1. The summed E-state index contributed by atoms with van der Waals surface area (Å²) >= 11 is 0. The summed E-state index contributed by atoms with van der Waals surface area (Å²) in [5.74, 6) is -1.01. The molecular formula is C7H9N3O4. The zero-order chi connectivity index (χ0) is 10.7. The van der Waals surface area contributed by atoms with E-state index in [0.717, 1.165) is 6.07 Å². The third-order valence-electron chi connectivity index (χ3n) is 1.31. The Balaban J connectivity index is 2.76. The zero-order valence-corrected chi connectivity index (χ0v) is 7.68. The summed E-state index contributed by atoms with van der Waals surface area (Å²) in [6.45, 7) is 3.36. The number of rotatable bonds is 3. The number of carbonyl (C=O) groups excluding carboxylic acids is 1. The first-order chi connectivity index (χ1) is 6.50. The topological polar surface area (TPSA) is 98.1 Å². The summed E-state index contributed by atoms with van der Waals surface area (Å²) in [6, 6.07) is 1.03. The first-order valence-corrected chi connectivity index (χ1v) is 3.91. The predicted octanol–water partition coefficient (Wildman–Crippen LogP) is 0.883. The van der Waals surface area contributed by atoms with E-state index in [9.17, 15) is 14.9 Å². The van der Waals surface area contributed by atoms with E-state index in [1.165, 1.54) is 0 Å². The van der Waals surface area contributed by atoms with Gasteiger partial charge in [0.1, 0.15) is 0 Å². The van der Waals surface area contributed by atoms with Gasteiger partial charge < -0.3 is 14.9 Å². The number of H-pyrrole nitrogens is 1. The minimum absolute atomic E-state index is 0.0922. The molecule has 0 unspecified atom stereocenters. The average Bonchev–Trinajstić information content (AvgIpc) is 2.50. The Hall–Kier alpha value is -1.92. The highest BCUT2D eigenvalue weighted by atomic mass is 16.6. The van der Waals surface area contributed by atoms with Gasteiger partial charge in [-0.2, -0.15) is 0 Å². The summed E-state index contributed by atoms with van der Waals surface area (Å²) in [7, 11) is 0. The first kappa shape index (κ1) is 10.2. The number of aromatic nitrogens is 2. The van der Waals surface area contributed by atoms with Crippen molar-refractivity contribution in [3.8, 4) is 0 Å². The monoisotopic (exact) mass is 199 g/mol. The highest BCUT2D eigenvalue weighted by Crippen LogP contribution is 2.09. The Morgan fingerprint density at radius 3 is 2.79 bits per heavy atom. The number of hydrogen-bond donors (Lipinski definition) is 1. The SMILES string of the molecule is CC(C)OC(=O)c1cc([N+](=O)[O-])[nH]n1. The Morgan fingerprint density at radius 1 is 1.71 bits per heavy atom. The maximum atomic E-state index is 11.2. The molecule has 76 valence electrons. The fraction of sp³-hybridized carbons (Fsp3) is 0.429. The molecule has 0 spiro atoms. The maximum absolute atomic E-state index is 11.2. The molecule has 0 bridgehead atoms. The van der Waals surface area contributed by atoms with Crippen LogP contribution in [0.3, 0.4) is 0 Å². The van der Waals surface area contributed by atoms with E-state index < -0.39 is 10.9 Å². The second-order valence-corrected chi connectivity index (χ2v) is 2.85. The fourth-order valence-corrected chi connectivity index (χ4v) is 0.784. The molecule has 7 heteroatoms. The lowest BCUT2D eigenvalue weighted by atomic mass is 10.4. The van der Waals surface area contributed by atoms with Crippen LogP contribution in [0.2, 0.25) is 0 Å². The molecule has 7 nitrogen and oxygen atoms in total. The molecule has 0 fully saturated rings. The number of carbonyl (C=O) groups is 1. The Morgan fingerprint density at radius 2 is 2.36 bits per heavy atom. The fourth-order valence-electron chi connectivity index (χ4n) is 0.784. The van der Waals surface area contributed by atoms with Crippen LogP contribution in [-0.2, 0) is 4.74 Å². The lowest BCUT2D eigenvalue weighted by Gasteiger charge is -2.03. The highest BCUT2D eigenvalue weighted by Gasteiger charge is 2.18. The van der Waals surface area contributed by atoms with Crippen molar-refractivity contribution in [2.45, 2.75) is 20.0 Å². The van der Waals surface area contributed by atoms with E-state index in [1.54, 1.807) is 13.8 Å². The zero-order valence-electron chi connectivity index (χ0n) is 7.68. The molecule has 0 aliphatic heterocycles. The van der Waals surface area contributed by atoms with Crippen molar-refractivity contribution in [3.63, 3.8) is 0 Å². The van der Waals surface area contributed by atoms with Crippen molar-refractivity contribution in [1.82, 2.24) is 10.2 Å². The van der Waals surface area contributed by atoms with Gasteiger partial charge in [-0.25, -0.2) is 4.79 Å². The molecule has 1 heterocycles. The van der Waals surface area contributed by atoms with Gasteiger partial charge in [-0.3, -0.25) is 0 Å². The van der Waals surface area contributed by atoms with Crippen LogP contribution in [0.4, 0.5) is 5.82 Å². The van der Waals surface area contributed by atoms with Crippen LogP contribution in [0.1, 0.15) is 24.3 Å². The summed E-state index contributed by atoms with van der Waals surface area (Å²) < 4.78 is 4.79. The standard InChI is InChI=1S/C7H9N3O4/c1-4(2)14-7(11)5-3-6(9-8-5)10(12)13/h3-4H,1-2H3,(H,8,9). The molecule has 1 aromatic rings. The molecule has 0 atom stereocenters. The largest absolute Gasteiger partial charge is 0.458 e. The van der Waals surface area contributed by atoms with Gasteiger partial charge in [-0.1, -0.05) is 5.10 Å². The summed E-state index contributed by atoms with van der Waals surface area (Å²) in [5, 5.41) is 15.8. The number of hydrogen-bond acceptors (Lipinski definition) is 5. The highest BCUT2D eigenvalue weighted by molar-refractivity contribution is 5.87. The first-order valence-electron chi connectivity index (χ1n) is 3.91. The quantitative estimate of drug-likeness (QED) is 0.442. The number of nitrogens with one attached hydrogen (secondary N) is 1. The van der Waals surface area contributed by atoms with Crippen LogP contribution < -0.4 is 0 Å². The minimum atomic E-state index is -0.677. The smallest absolute Gasteiger partial charge is 0.361 e. The lowest BCUT2D eigenvalue weighted by Crippen LogP contribution is -2.11. The van der Waals surface area contributed by atoms with Gasteiger partial charge in [0.05, 0.1) is 12.2 Å². The van der Waals surface area contributed by atoms with Gasteiger partial charge in [-0.05, 0) is 18.8 Å². The van der Waals surface area contributed by atoms with E-state index in [4.69, 9.17) is 4.74 Å². The van der Waals surface area contributed by atoms with Crippen LogP contribution in [0.15, 0.2) is 6.07 Å². The molecule has 1 N–H and O–H groups in total. The molecule has 1 aromatic heterocycles. The van der Waals surface area contributed by atoms with Crippen LogP contribution in [-0.4, -0.2) is 27.2 Å². The molecule has 0 saturated carbocycles. The number of ether oxygens (including phenoxy) is 1. The van der Waals surface area contributed by atoms with Crippen LogP contribution >= 0.6 is 0 Å². The van der Waals surface area contributed by atoms with Crippen LogP contribution in [0.5, 0.6) is 0 Å². The maximum Gasteiger partial charge on any atom is 0.361 e. The van der Waals surface area contributed by atoms with E-state index in [2.05, 4.69) is 10.2 Å². The van der Waals surface area contributed by atoms with E-state index in [1.807, 2.05) is 0 Å². The third-order valence-corrected chi connectivity index (χ3v) is 1.31. The van der Waals surface area contributed by atoms with E-state index in [0.29, 0.717) is 0 Å². The Kier molecular flexibility index (Phi) is 2.80. The van der Waals surface area contributed by atoms with Crippen molar-refractivity contribution in [3.05, 3.63) is 21.9 Å². The van der Waals surface area contributed by atoms with Gasteiger partial charge in [0.2, 0.25) is 0 Å². The van der Waals surface area contributed by atoms with Gasteiger partial charge in [0, 0.05) is 0 Å². The van der Waals surface area contributed by atoms with Crippen molar-refractivity contribution >= 4 is 11.8 Å². The van der Waals surface area contributed by atoms with E-state index in [-0.39, 0.29) is 17.6 Å². The van der Waals surface area contributed by atoms with Gasteiger partial charge in [-0.15, -0.1) is 5.10 Å². The molecule has 1 rings (SSSR count). The van der Waals surface area contributed by atoms with Crippen molar-refractivity contribution < 1.29 is 14.5 Å². The van der Waals surface area contributed by atoms with Crippen LogP contribution in [0.25, 0.3) is 0 Å². The summed E-state index contributed by atoms with van der Waals surface area (Å²) in [6.07, 6.45) is -0.279. The minimum Gasteiger partial charge on any atom is -0.458 e. The number of nitro groups is 1. The molecule has 0 radical (unpaired) electrons. The molecule has 0 saturated heterocycles. The van der Waals surface area contributed by atoms with Crippen molar-refractivity contribution in [2.24, 2.45) is 0 Å². The van der Waals surface area contributed by atoms with E-state index >= 15 is 0 Å². The van der Waals surface area contributed by atoms with Crippen molar-refractivity contribution in [1.29, 1.82) is 0 Å². The Labute approximate surface area is 79.2 Å². The number of nitrogens with zero attached hydrogens (tertiary/aromatic N) is 2.